The maximum Gasteiger partial charge on any atom is 0.231 e. The first-order valence-corrected chi connectivity index (χ1v) is 8.30. The van der Waals surface area contributed by atoms with Crippen LogP contribution in [0, 0.1) is 5.82 Å². The van der Waals surface area contributed by atoms with Crippen LogP contribution in [0.2, 0.25) is 0 Å². The van der Waals surface area contributed by atoms with Gasteiger partial charge in [0.05, 0.1) is 30.2 Å². The largest absolute Gasteiger partial charge is 0.395 e. The lowest BCUT2D eigenvalue weighted by atomic mass is 10.2. The lowest BCUT2D eigenvalue weighted by Crippen LogP contribution is -2.10. The van der Waals surface area contributed by atoms with E-state index < -0.39 is 5.82 Å². The topological polar surface area (TPSA) is 117 Å². The number of rotatable bonds is 7. The van der Waals surface area contributed by atoms with Crippen molar-refractivity contribution in [1.82, 2.24) is 29.5 Å². The van der Waals surface area contributed by atoms with Crippen molar-refractivity contribution in [3.8, 4) is 0 Å². The predicted octanol–water partition coefficient (Wildman–Crippen LogP) is 2.04. The molecule has 4 N–H and O–H groups in total. The molecule has 0 atom stereocenters. The Bertz CT molecular complexity index is 1060. The van der Waals surface area contributed by atoms with E-state index in [0.717, 1.165) is 22.8 Å². The molecule has 10 heteroatoms. The molecule has 3 heterocycles. The molecule has 0 saturated heterocycles. The molecule has 0 aliphatic rings. The molecular formula is C17H17FN8O. The normalized spacial score (nSPS) is 11.0. The monoisotopic (exact) mass is 368 g/mol. The number of nitrogens with one attached hydrogen (secondary N) is 3. The standard InChI is InChI=1S/C17H17FN8O/c18-12-9-21-16(25-17-19-3-4-26(17)5-6-27)24-15(12)20-8-11-1-2-13-14(7-11)23-10-22-13/h1-4,7,9-10,27H,5-6,8H2,(H,22,23)(H2,19,20,21,24,25). The lowest BCUT2D eigenvalue weighted by Gasteiger charge is -2.10. The number of aliphatic hydroxyl groups excluding tert-OH is 1. The molecular weight excluding hydrogens is 351 g/mol. The maximum absolute atomic E-state index is 14.1. The number of aromatic amines is 1. The van der Waals surface area contributed by atoms with Crippen molar-refractivity contribution in [3.05, 3.63) is 54.5 Å². The summed E-state index contributed by atoms with van der Waals surface area (Å²) in [6.07, 6.45) is 6.02. The molecule has 9 nitrogen and oxygen atoms in total. The fourth-order valence-corrected chi connectivity index (χ4v) is 2.65. The second-order valence-electron chi connectivity index (χ2n) is 5.79. The highest BCUT2D eigenvalue weighted by atomic mass is 19.1. The number of benzene rings is 1. The van der Waals surface area contributed by atoms with Crippen molar-refractivity contribution in [3.63, 3.8) is 0 Å². The number of imidazole rings is 2. The quantitative estimate of drug-likeness (QED) is 0.394. The van der Waals surface area contributed by atoms with Crippen molar-refractivity contribution in [1.29, 1.82) is 0 Å². The van der Waals surface area contributed by atoms with E-state index in [-0.39, 0.29) is 18.4 Å². The second kappa shape index (κ2) is 7.38. The van der Waals surface area contributed by atoms with Gasteiger partial charge in [-0.1, -0.05) is 6.07 Å². The maximum atomic E-state index is 14.1. The third kappa shape index (κ3) is 3.70. The Morgan fingerprint density at radius 1 is 1.22 bits per heavy atom. The number of aliphatic hydroxyl groups is 1. The minimum atomic E-state index is -0.555. The van der Waals surface area contributed by atoms with Gasteiger partial charge in [0.25, 0.3) is 0 Å². The Hall–Kier alpha value is -3.53. The highest BCUT2D eigenvalue weighted by Gasteiger charge is 2.10. The molecule has 27 heavy (non-hydrogen) atoms. The fourth-order valence-electron chi connectivity index (χ4n) is 2.65. The molecule has 0 bridgehead atoms. The summed E-state index contributed by atoms with van der Waals surface area (Å²) >= 11 is 0. The van der Waals surface area contributed by atoms with Crippen LogP contribution in [0.25, 0.3) is 11.0 Å². The number of nitrogens with zero attached hydrogens (tertiary/aromatic N) is 5. The predicted molar refractivity (Wildman–Crippen MR) is 98.0 cm³/mol. The fraction of sp³-hybridized carbons (Fsp3) is 0.176. The van der Waals surface area contributed by atoms with E-state index in [1.165, 1.54) is 0 Å². The van der Waals surface area contributed by atoms with Crippen LogP contribution in [0.3, 0.4) is 0 Å². The highest BCUT2D eigenvalue weighted by molar-refractivity contribution is 5.75. The van der Waals surface area contributed by atoms with Gasteiger partial charge in [-0.3, -0.25) is 5.32 Å². The van der Waals surface area contributed by atoms with Crippen LogP contribution in [-0.4, -0.2) is 41.2 Å². The van der Waals surface area contributed by atoms with Crippen LogP contribution in [0.1, 0.15) is 5.56 Å². The van der Waals surface area contributed by atoms with Crippen molar-refractivity contribution in [2.75, 3.05) is 17.2 Å². The van der Waals surface area contributed by atoms with Gasteiger partial charge in [-0.15, -0.1) is 0 Å². The first-order chi connectivity index (χ1) is 13.2. The van der Waals surface area contributed by atoms with Crippen LogP contribution in [0.4, 0.5) is 22.1 Å². The Morgan fingerprint density at radius 2 is 2.15 bits per heavy atom. The Labute approximate surface area is 153 Å². The summed E-state index contributed by atoms with van der Waals surface area (Å²) in [5.74, 6) is 0.188. The van der Waals surface area contributed by atoms with Gasteiger partial charge in [0.15, 0.2) is 11.6 Å². The Kier molecular flexibility index (Phi) is 4.62. The average molecular weight is 368 g/mol. The molecule has 0 fully saturated rings. The van der Waals surface area contributed by atoms with Crippen molar-refractivity contribution >= 4 is 28.7 Å². The second-order valence-corrected chi connectivity index (χ2v) is 5.79. The van der Waals surface area contributed by atoms with Gasteiger partial charge in [-0.25, -0.2) is 19.3 Å². The first kappa shape index (κ1) is 16.9. The highest BCUT2D eigenvalue weighted by Crippen LogP contribution is 2.17. The molecule has 0 spiro atoms. The van der Waals surface area contributed by atoms with E-state index in [4.69, 9.17) is 5.11 Å². The number of H-pyrrole nitrogens is 1. The molecule has 1 aromatic carbocycles. The van der Waals surface area contributed by atoms with Gasteiger partial charge in [-0.05, 0) is 17.7 Å². The number of halogens is 1. The lowest BCUT2D eigenvalue weighted by molar-refractivity contribution is 0.277. The molecule has 138 valence electrons. The molecule has 4 aromatic rings. The summed E-state index contributed by atoms with van der Waals surface area (Å²) < 4.78 is 15.8. The summed E-state index contributed by atoms with van der Waals surface area (Å²) in [7, 11) is 0. The Morgan fingerprint density at radius 3 is 3.04 bits per heavy atom. The average Bonchev–Trinajstić information content (AvgIpc) is 3.31. The minimum absolute atomic E-state index is 0.0253. The van der Waals surface area contributed by atoms with E-state index in [0.29, 0.717) is 19.0 Å². The number of aromatic nitrogens is 6. The zero-order chi connectivity index (χ0) is 18.6. The summed E-state index contributed by atoms with van der Waals surface area (Å²) in [4.78, 5) is 19.5. The van der Waals surface area contributed by atoms with Crippen molar-refractivity contribution in [2.45, 2.75) is 13.1 Å². The van der Waals surface area contributed by atoms with E-state index in [1.54, 1.807) is 23.3 Å². The van der Waals surface area contributed by atoms with Gasteiger partial charge >= 0.3 is 0 Å². The third-order valence-corrected chi connectivity index (χ3v) is 3.97. The Balaban J connectivity index is 1.49. The van der Waals surface area contributed by atoms with Crippen LogP contribution < -0.4 is 10.6 Å². The molecule has 0 aliphatic heterocycles. The van der Waals surface area contributed by atoms with Crippen molar-refractivity contribution < 1.29 is 9.50 Å². The summed E-state index contributed by atoms with van der Waals surface area (Å²) in [5.41, 5.74) is 2.73. The molecule has 0 aliphatic carbocycles. The zero-order valence-corrected chi connectivity index (χ0v) is 14.2. The van der Waals surface area contributed by atoms with Crippen LogP contribution in [0.5, 0.6) is 0 Å². The SMILES string of the molecule is OCCn1ccnc1Nc1ncc(F)c(NCc2ccc3[nH]cnc3c2)n1. The molecule has 0 saturated carbocycles. The minimum Gasteiger partial charge on any atom is -0.395 e. The van der Waals surface area contributed by atoms with Gasteiger partial charge in [0, 0.05) is 25.5 Å². The van der Waals surface area contributed by atoms with Gasteiger partial charge in [0.2, 0.25) is 11.9 Å². The van der Waals surface area contributed by atoms with E-state index in [1.807, 2.05) is 18.2 Å². The molecule has 3 aromatic heterocycles. The summed E-state index contributed by atoms with van der Waals surface area (Å²) in [6, 6.07) is 5.77. The summed E-state index contributed by atoms with van der Waals surface area (Å²) in [5, 5.41) is 15.0. The molecule has 0 unspecified atom stereocenters. The summed E-state index contributed by atoms with van der Waals surface area (Å²) in [6.45, 7) is 0.738. The number of fused-ring (bicyclic) bond motifs is 1. The van der Waals surface area contributed by atoms with Gasteiger partial charge in [0.1, 0.15) is 0 Å². The molecule has 0 amide bonds. The van der Waals surface area contributed by atoms with E-state index >= 15 is 0 Å². The smallest absolute Gasteiger partial charge is 0.231 e. The first-order valence-electron chi connectivity index (χ1n) is 8.30. The van der Waals surface area contributed by atoms with Crippen molar-refractivity contribution in [2.24, 2.45) is 0 Å². The van der Waals surface area contributed by atoms with Crippen LogP contribution in [-0.2, 0) is 13.1 Å². The number of hydrogen-bond acceptors (Lipinski definition) is 7. The van der Waals surface area contributed by atoms with Crippen LogP contribution >= 0.6 is 0 Å². The molecule has 4 rings (SSSR count). The van der Waals surface area contributed by atoms with E-state index in [2.05, 4.69) is 35.6 Å². The zero-order valence-electron chi connectivity index (χ0n) is 14.2. The molecule has 0 radical (unpaired) electrons. The number of anilines is 3. The third-order valence-electron chi connectivity index (χ3n) is 3.97. The number of hydrogen-bond donors (Lipinski definition) is 4. The van der Waals surface area contributed by atoms with Crippen LogP contribution in [0.15, 0.2) is 43.1 Å². The van der Waals surface area contributed by atoms with Gasteiger partial charge < -0.3 is 20.0 Å². The van der Waals surface area contributed by atoms with E-state index in [9.17, 15) is 4.39 Å². The van der Waals surface area contributed by atoms with Gasteiger partial charge in [-0.2, -0.15) is 4.98 Å².